The third-order valence-electron chi connectivity index (χ3n) is 2.65. The number of amides is 1. The van der Waals surface area contributed by atoms with Gasteiger partial charge in [0.25, 0.3) is 5.91 Å². The normalized spacial score (nSPS) is 10.1. The molecular formula is C13H13BrN4O. The van der Waals surface area contributed by atoms with Crippen molar-refractivity contribution in [2.75, 3.05) is 10.7 Å². The van der Waals surface area contributed by atoms with Crippen LogP contribution >= 0.6 is 15.9 Å². The number of aromatic nitrogens is 1. The molecule has 1 aromatic heterocycles. The largest absolute Gasteiger partial charge is 0.323 e. The molecule has 6 heteroatoms. The fourth-order valence-corrected chi connectivity index (χ4v) is 1.95. The van der Waals surface area contributed by atoms with Gasteiger partial charge >= 0.3 is 0 Å². The molecule has 0 fully saturated rings. The molecule has 0 unspecified atom stereocenters. The lowest BCUT2D eigenvalue weighted by Crippen LogP contribution is -2.17. The third-order valence-corrected chi connectivity index (χ3v) is 3.51. The number of hydrogen-bond donors (Lipinski definition) is 3. The maximum Gasteiger partial charge on any atom is 0.259 e. The second-order valence-electron chi connectivity index (χ2n) is 3.98. The molecule has 2 rings (SSSR count). The van der Waals surface area contributed by atoms with Gasteiger partial charge in [0.1, 0.15) is 0 Å². The number of hydrogen-bond acceptors (Lipinski definition) is 4. The number of anilines is 2. The van der Waals surface area contributed by atoms with Crippen LogP contribution in [0, 0.1) is 6.92 Å². The molecule has 0 spiro atoms. The molecule has 0 aliphatic heterocycles. The van der Waals surface area contributed by atoms with Crippen LogP contribution in [0.2, 0.25) is 0 Å². The lowest BCUT2D eigenvalue weighted by molar-refractivity contribution is 0.102. The van der Waals surface area contributed by atoms with Gasteiger partial charge in [-0.05, 0) is 30.7 Å². The van der Waals surface area contributed by atoms with Gasteiger partial charge < -0.3 is 10.7 Å². The van der Waals surface area contributed by atoms with Gasteiger partial charge in [0.05, 0.1) is 11.3 Å². The van der Waals surface area contributed by atoms with E-state index in [0.717, 1.165) is 10.0 Å². The molecule has 4 N–H and O–H groups in total. The molecule has 98 valence electrons. The highest BCUT2D eigenvalue weighted by molar-refractivity contribution is 9.10. The number of pyridine rings is 1. The minimum Gasteiger partial charge on any atom is -0.323 e. The zero-order chi connectivity index (χ0) is 13.8. The van der Waals surface area contributed by atoms with Crippen molar-refractivity contribution in [2.24, 2.45) is 5.84 Å². The van der Waals surface area contributed by atoms with Gasteiger partial charge in [0.2, 0.25) is 0 Å². The number of carbonyl (C=O) groups excluding carboxylic acids is 1. The average molecular weight is 321 g/mol. The van der Waals surface area contributed by atoms with E-state index < -0.39 is 0 Å². The Morgan fingerprint density at radius 2 is 2.16 bits per heavy atom. The Labute approximate surface area is 119 Å². The van der Waals surface area contributed by atoms with Crippen LogP contribution in [0.4, 0.5) is 11.4 Å². The number of nitrogens with zero attached hydrogens (tertiary/aromatic N) is 1. The second-order valence-corrected chi connectivity index (χ2v) is 4.84. The fraction of sp³-hybridized carbons (Fsp3) is 0.0769. The Bertz CT molecular complexity index is 615. The van der Waals surface area contributed by atoms with Gasteiger partial charge in [-0.15, -0.1) is 0 Å². The van der Waals surface area contributed by atoms with Gasteiger partial charge in [-0.2, -0.15) is 0 Å². The molecule has 2 aromatic rings. The monoisotopic (exact) mass is 320 g/mol. The molecule has 0 atom stereocenters. The molecule has 0 bridgehead atoms. The number of hydrazine groups is 1. The maximum atomic E-state index is 12.1. The molecule has 19 heavy (non-hydrogen) atoms. The molecule has 1 heterocycles. The third kappa shape index (κ3) is 3.10. The van der Waals surface area contributed by atoms with Crippen LogP contribution in [-0.4, -0.2) is 10.9 Å². The van der Waals surface area contributed by atoms with Crippen molar-refractivity contribution in [3.8, 4) is 0 Å². The van der Waals surface area contributed by atoms with Crippen LogP contribution in [0.15, 0.2) is 41.1 Å². The highest BCUT2D eigenvalue weighted by Gasteiger charge is 2.11. The number of nitrogens with one attached hydrogen (secondary N) is 2. The van der Waals surface area contributed by atoms with Crippen LogP contribution < -0.4 is 16.6 Å². The average Bonchev–Trinajstić information content (AvgIpc) is 2.43. The van der Waals surface area contributed by atoms with Gasteiger partial charge in [-0.3, -0.25) is 15.6 Å². The summed E-state index contributed by atoms with van der Waals surface area (Å²) in [6, 6.07) is 7.24. The van der Waals surface area contributed by atoms with E-state index in [1.54, 1.807) is 12.3 Å². The number of carbonyl (C=O) groups is 1. The Morgan fingerprint density at radius 3 is 2.84 bits per heavy atom. The summed E-state index contributed by atoms with van der Waals surface area (Å²) in [6.45, 7) is 1.98. The molecular weight excluding hydrogens is 308 g/mol. The van der Waals surface area contributed by atoms with Crippen molar-refractivity contribution in [3.63, 3.8) is 0 Å². The molecule has 0 saturated carbocycles. The molecule has 5 nitrogen and oxygen atoms in total. The Hall–Kier alpha value is -1.92. The topological polar surface area (TPSA) is 80.0 Å². The van der Waals surface area contributed by atoms with E-state index >= 15 is 0 Å². The van der Waals surface area contributed by atoms with Gasteiger partial charge in [-0.25, -0.2) is 0 Å². The van der Waals surface area contributed by atoms with Gasteiger partial charge in [0, 0.05) is 22.6 Å². The first kappa shape index (κ1) is 13.5. The number of nitrogen functional groups attached to an aromatic ring is 1. The van der Waals surface area contributed by atoms with Crippen molar-refractivity contribution < 1.29 is 4.79 Å². The van der Waals surface area contributed by atoms with Crippen molar-refractivity contribution in [1.29, 1.82) is 0 Å². The van der Waals surface area contributed by atoms with Gasteiger partial charge in [0.15, 0.2) is 0 Å². The number of nitrogens with two attached hydrogens (primary N) is 1. The number of rotatable bonds is 3. The van der Waals surface area contributed by atoms with Crippen LogP contribution in [0.3, 0.4) is 0 Å². The lowest BCUT2D eigenvalue weighted by atomic mass is 10.2. The standard InChI is InChI=1S/C13H13BrN4O/c1-8-2-3-9(6-11(8)14)17-13(19)10-7-16-5-4-12(10)18-15/h2-7H,15H2,1H3,(H,16,18)(H,17,19). The molecule has 1 aromatic carbocycles. The highest BCUT2D eigenvalue weighted by atomic mass is 79.9. The summed E-state index contributed by atoms with van der Waals surface area (Å²) in [5.74, 6) is 5.09. The predicted molar refractivity (Wildman–Crippen MR) is 78.9 cm³/mol. The minimum absolute atomic E-state index is 0.267. The Kier molecular flexibility index (Phi) is 4.13. The van der Waals surface area contributed by atoms with Crippen LogP contribution in [0.1, 0.15) is 15.9 Å². The quantitative estimate of drug-likeness (QED) is 0.600. The first-order chi connectivity index (χ1) is 9.11. The summed E-state index contributed by atoms with van der Waals surface area (Å²) < 4.78 is 0.939. The summed E-state index contributed by atoms with van der Waals surface area (Å²) in [5, 5.41) is 2.80. The van der Waals surface area contributed by atoms with Crippen LogP contribution in [-0.2, 0) is 0 Å². The molecule has 1 amide bonds. The first-order valence-corrected chi connectivity index (χ1v) is 6.39. The number of aryl methyl sites for hydroxylation is 1. The summed E-state index contributed by atoms with van der Waals surface area (Å²) >= 11 is 3.42. The summed E-state index contributed by atoms with van der Waals surface area (Å²) in [4.78, 5) is 16.1. The van der Waals surface area contributed by atoms with Gasteiger partial charge in [-0.1, -0.05) is 22.0 Å². The van der Waals surface area contributed by atoms with E-state index in [2.05, 4.69) is 31.7 Å². The van der Waals surface area contributed by atoms with Crippen LogP contribution in [0.25, 0.3) is 0 Å². The first-order valence-electron chi connectivity index (χ1n) is 5.60. The predicted octanol–water partition coefficient (Wildman–Crippen LogP) is 2.69. The van der Waals surface area contributed by atoms with E-state index in [0.29, 0.717) is 16.9 Å². The van der Waals surface area contributed by atoms with E-state index in [4.69, 9.17) is 5.84 Å². The van der Waals surface area contributed by atoms with Crippen molar-refractivity contribution >= 4 is 33.2 Å². The van der Waals surface area contributed by atoms with E-state index in [9.17, 15) is 4.79 Å². The van der Waals surface area contributed by atoms with Crippen molar-refractivity contribution in [2.45, 2.75) is 6.92 Å². The fourth-order valence-electron chi connectivity index (χ4n) is 1.57. The zero-order valence-electron chi connectivity index (χ0n) is 10.3. The second kappa shape index (κ2) is 5.81. The molecule has 0 aliphatic rings. The summed E-state index contributed by atoms with van der Waals surface area (Å²) in [6.07, 6.45) is 3.03. The number of halogens is 1. The van der Waals surface area contributed by atoms with Crippen molar-refractivity contribution in [3.05, 3.63) is 52.3 Å². The van der Waals surface area contributed by atoms with E-state index in [-0.39, 0.29) is 5.91 Å². The Morgan fingerprint density at radius 1 is 1.37 bits per heavy atom. The van der Waals surface area contributed by atoms with E-state index in [1.165, 1.54) is 6.20 Å². The smallest absolute Gasteiger partial charge is 0.259 e. The Balaban J connectivity index is 2.23. The van der Waals surface area contributed by atoms with E-state index in [1.807, 2.05) is 25.1 Å². The SMILES string of the molecule is Cc1ccc(NC(=O)c2cnccc2NN)cc1Br. The minimum atomic E-state index is -0.267. The summed E-state index contributed by atoms with van der Waals surface area (Å²) in [7, 11) is 0. The number of benzene rings is 1. The highest BCUT2D eigenvalue weighted by Crippen LogP contribution is 2.22. The maximum absolute atomic E-state index is 12.1. The summed E-state index contributed by atoms with van der Waals surface area (Å²) in [5.41, 5.74) is 5.19. The molecule has 0 aliphatic carbocycles. The lowest BCUT2D eigenvalue weighted by Gasteiger charge is -2.09. The zero-order valence-corrected chi connectivity index (χ0v) is 11.9. The molecule has 0 radical (unpaired) electrons. The van der Waals surface area contributed by atoms with Crippen molar-refractivity contribution in [1.82, 2.24) is 4.98 Å². The molecule has 0 saturated heterocycles. The van der Waals surface area contributed by atoms with Crippen LogP contribution in [0.5, 0.6) is 0 Å².